The van der Waals surface area contributed by atoms with E-state index in [9.17, 15) is 4.79 Å². The minimum absolute atomic E-state index is 0.294. The van der Waals surface area contributed by atoms with Gasteiger partial charge in [0, 0.05) is 6.42 Å². The molecule has 0 amide bonds. The molecular formula is C5H14O3Si2. The zero-order chi connectivity index (χ0) is 7.98. The lowest BCUT2D eigenvalue weighted by atomic mass is 10.3. The lowest BCUT2D eigenvalue weighted by Gasteiger charge is -2.05. The van der Waals surface area contributed by atoms with Gasteiger partial charge in [-0.3, -0.25) is 4.79 Å². The zero-order valence-corrected chi connectivity index (χ0v) is 9.62. The molecule has 0 heterocycles. The summed E-state index contributed by atoms with van der Waals surface area (Å²) in [6.45, 7) is 2.11. The number of hydrogen-bond donors (Lipinski definition) is 1. The Balaban J connectivity index is 3.11. The van der Waals surface area contributed by atoms with Crippen LogP contribution in [0.3, 0.4) is 0 Å². The second kappa shape index (κ2) is 5.63. The van der Waals surface area contributed by atoms with Gasteiger partial charge in [-0.15, -0.1) is 0 Å². The van der Waals surface area contributed by atoms with Crippen LogP contribution in [0.15, 0.2) is 0 Å². The van der Waals surface area contributed by atoms with E-state index in [0.717, 1.165) is 23.0 Å². The first kappa shape index (κ1) is 9.86. The zero-order valence-electron chi connectivity index (χ0n) is 6.46. The number of carbonyl (C=O) groups is 1. The molecule has 1 N–H and O–H groups in total. The molecule has 10 heavy (non-hydrogen) atoms. The Morgan fingerprint density at radius 3 is 2.80 bits per heavy atom. The van der Waals surface area contributed by atoms with Gasteiger partial charge < -0.3 is 9.22 Å². The van der Waals surface area contributed by atoms with Crippen molar-refractivity contribution in [3.8, 4) is 0 Å². The average Bonchev–Trinajstić information content (AvgIpc) is 1.87. The van der Waals surface area contributed by atoms with Gasteiger partial charge in [-0.25, -0.2) is 0 Å². The van der Waals surface area contributed by atoms with Crippen LogP contribution in [0.4, 0.5) is 0 Å². The first-order chi connectivity index (χ1) is 4.66. The summed E-state index contributed by atoms with van der Waals surface area (Å²) in [5.74, 6) is -0.699. The molecule has 1 unspecified atom stereocenters. The van der Waals surface area contributed by atoms with Crippen LogP contribution in [0, 0.1) is 0 Å². The molecule has 0 aromatic rings. The highest BCUT2D eigenvalue weighted by atomic mass is 28.3. The molecule has 0 aliphatic rings. The molecule has 1 atom stereocenters. The fraction of sp³-hybridized carbons (Fsp3) is 0.800. The topological polar surface area (TPSA) is 46.5 Å². The Morgan fingerprint density at radius 1 is 1.80 bits per heavy atom. The predicted octanol–water partition coefficient (Wildman–Crippen LogP) is -0.498. The minimum atomic E-state index is -0.942. The highest BCUT2D eigenvalue weighted by molar-refractivity contribution is 6.54. The third kappa shape index (κ3) is 5.99. The van der Waals surface area contributed by atoms with Crippen molar-refractivity contribution in [2.75, 3.05) is 0 Å². The highest BCUT2D eigenvalue weighted by Crippen LogP contribution is 2.00. The van der Waals surface area contributed by atoms with Gasteiger partial charge in [-0.05, 0) is 19.0 Å². The Labute approximate surface area is 65.7 Å². The molecule has 0 saturated heterocycles. The SMILES string of the molecule is C[SiH](CCCC(=O)O)O[SiH3]. The molecule has 0 saturated carbocycles. The van der Waals surface area contributed by atoms with Gasteiger partial charge in [0.1, 0.15) is 10.5 Å². The summed E-state index contributed by atoms with van der Waals surface area (Å²) in [7, 11) is -0.142. The van der Waals surface area contributed by atoms with Crippen LogP contribution >= 0.6 is 0 Å². The second-order valence-electron chi connectivity index (χ2n) is 2.33. The van der Waals surface area contributed by atoms with Crippen LogP contribution in [-0.4, -0.2) is 30.6 Å². The van der Waals surface area contributed by atoms with Crippen LogP contribution in [0.5, 0.6) is 0 Å². The van der Waals surface area contributed by atoms with Crippen molar-refractivity contribution in [1.82, 2.24) is 0 Å². The molecule has 0 fully saturated rings. The lowest BCUT2D eigenvalue weighted by Crippen LogP contribution is -2.11. The summed E-state index contributed by atoms with van der Waals surface area (Å²) in [5.41, 5.74) is 0. The first-order valence-corrected chi connectivity index (χ1v) is 6.67. The van der Waals surface area contributed by atoms with Gasteiger partial charge in [0.15, 0.2) is 9.04 Å². The van der Waals surface area contributed by atoms with Crippen molar-refractivity contribution in [2.24, 2.45) is 0 Å². The van der Waals surface area contributed by atoms with E-state index in [0.29, 0.717) is 6.42 Å². The number of hydrogen-bond acceptors (Lipinski definition) is 2. The quantitative estimate of drug-likeness (QED) is 0.578. The summed E-state index contributed by atoms with van der Waals surface area (Å²) in [6, 6.07) is 0.996. The largest absolute Gasteiger partial charge is 0.481 e. The maximum atomic E-state index is 10.1. The van der Waals surface area contributed by atoms with Crippen molar-refractivity contribution in [3.63, 3.8) is 0 Å². The molecule has 0 aliphatic carbocycles. The van der Waals surface area contributed by atoms with Crippen molar-refractivity contribution < 1.29 is 14.0 Å². The fourth-order valence-corrected chi connectivity index (χ4v) is 2.38. The highest BCUT2D eigenvalue weighted by Gasteiger charge is 2.02. The van der Waals surface area contributed by atoms with Gasteiger partial charge in [0.25, 0.3) is 0 Å². The van der Waals surface area contributed by atoms with E-state index >= 15 is 0 Å². The van der Waals surface area contributed by atoms with Crippen LogP contribution in [0.2, 0.25) is 12.6 Å². The summed E-state index contributed by atoms with van der Waals surface area (Å²) in [5, 5.41) is 8.28. The van der Waals surface area contributed by atoms with Crippen molar-refractivity contribution in [1.29, 1.82) is 0 Å². The summed E-state index contributed by atoms with van der Waals surface area (Å²) in [4.78, 5) is 10.1. The monoisotopic (exact) mass is 178 g/mol. The molecule has 0 aromatic heterocycles. The van der Waals surface area contributed by atoms with Gasteiger partial charge in [0.05, 0.1) is 0 Å². The van der Waals surface area contributed by atoms with Crippen molar-refractivity contribution in [3.05, 3.63) is 0 Å². The molecule has 5 heteroatoms. The van der Waals surface area contributed by atoms with Crippen LogP contribution in [0.25, 0.3) is 0 Å². The van der Waals surface area contributed by atoms with E-state index in [1.54, 1.807) is 0 Å². The van der Waals surface area contributed by atoms with Crippen LogP contribution in [-0.2, 0) is 8.91 Å². The van der Waals surface area contributed by atoms with E-state index < -0.39 is 15.0 Å². The fourth-order valence-electron chi connectivity index (χ4n) is 0.659. The molecule has 60 valence electrons. The van der Waals surface area contributed by atoms with E-state index in [1.807, 2.05) is 0 Å². The molecule has 0 bridgehead atoms. The molecule has 0 aromatic carbocycles. The molecular weight excluding hydrogens is 164 g/mol. The van der Waals surface area contributed by atoms with Gasteiger partial charge in [-0.2, -0.15) is 0 Å². The molecule has 0 spiro atoms. The first-order valence-electron chi connectivity index (χ1n) is 3.41. The van der Waals surface area contributed by atoms with Crippen LogP contribution < -0.4 is 0 Å². The minimum Gasteiger partial charge on any atom is -0.481 e. The maximum absolute atomic E-state index is 10.1. The predicted molar refractivity (Wildman–Crippen MR) is 45.7 cm³/mol. The number of rotatable bonds is 5. The molecule has 0 aliphatic heterocycles. The van der Waals surface area contributed by atoms with Gasteiger partial charge >= 0.3 is 5.97 Å². The number of carboxylic acids is 1. The van der Waals surface area contributed by atoms with Crippen molar-refractivity contribution >= 4 is 25.5 Å². The number of carboxylic acid groups (broad SMARTS) is 1. The van der Waals surface area contributed by atoms with E-state index in [-0.39, 0.29) is 0 Å². The summed E-state index contributed by atoms with van der Waals surface area (Å²) < 4.78 is 5.22. The summed E-state index contributed by atoms with van der Waals surface area (Å²) in [6.07, 6.45) is 1.08. The lowest BCUT2D eigenvalue weighted by molar-refractivity contribution is -0.137. The molecule has 3 nitrogen and oxygen atoms in total. The molecule has 0 rings (SSSR count). The van der Waals surface area contributed by atoms with E-state index in [4.69, 9.17) is 9.22 Å². The smallest absolute Gasteiger partial charge is 0.303 e. The Hall–Kier alpha value is -0.136. The standard InChI is InChI=1S/C5H14O3Si2/c1-10(8-9)4-2-3-5(6)7/h10H,2-4H2,1,9H3,(H,6,7). The Morgan fingerprint density at radius 2 is 2.40 bits per heavy atom. The average molecular weight is 178 g/mol. The Kier molecular flexibility index (Phi) is 5.56. The van der Waals surface area contributed by atoms with Crippen molar-refractivity contribution in [2.45, 2.75) is 25.4 Å². The van der Waals surface area contributed by atoms with Gasteiger partial charge in [0.2, 0.25) is 0 Å². The van der Waals surface area contributed by atoms with E-state index in [2.05, 4.69) is 6.55 Å². The maximum Gasteiger partial charge on any atom is 0.303 e. The third-order valence-electron chi connectivity index (χ3n) is 1.40. The number of aliphatic carboxylic acids is 1. The second-order valence-corrected chi connectivity index (χ2v) is 6.42. The molecule has 0 radical (unpaired) electrons. The normalized spacial score (nSPS) is 13.3. The van der Waals surface area contributed by atoms with E-state index in [1.165, 1.54) is 0 Å². The third-order valence-corrected chi connectivity index (χ3v) is 5.84. The summed E-state index contributed by atoms with van der Waals surface area (Å²) >= 11 is 0. The Bertz CT molecular complexity index is 107. The van der Waals surface area contributed by atoms with Crippen LogP contribution in [0.1, 0.15) is 12.8 Å². The van der Waals surface area contributed by atoms with Gasteiger partial charge in [-0.1, -0.05) is 0 Å².